The van der Waals surface area contributed by atoms with Crippen LogP contribution in [-0.4, -0.2) is 35.0 Å². The molecule has 0 aliphatic carbocycles. The third-order valence-corrected chi connectivity index (χ3v) is 3.75. The molecule has 1 amide bonds. The van der Waals surface area contributed by atoms with Crippen molar-refractivity contribution in [1.29, 1.82) is 0 Å². The Labute approximate surface area is 113 Å². The summed E-state index contributed by atoms with van der Waals surface area (Å²) in [7, 11) is 0. The van der Waals surface area contributed by atoms with Gasteiger partial charge in [0.15, 0.2) is 0 Å². The number of amides is 1. The van der Waals surface area contributed by atoms with Crippen molar-refractivity contribution in [2.75, 3.05) is 13.1 Å². The van der Waals surface area contributed by atoms with Gasteiger partial charge in [0, 0.05) is 18.7 Å². The number of rotatable bonds is 2. The van der Waals surface area contributed by atoms with Gasteiger partial charge in [-0.05, 0) is 37.8 Å². The van der Waals surface area contributed by atoms with Gasteiger partial charge in [-0.2, -0.15) is 0 Å². The van der Waals surface area contributed by atoms with Crippen LogP contribution in [0.2, 0.25) is 0 Å². The first kappa shape index (κ1) is 13.6. The molecule has 1 heterocycles. The lowest BCUT2D eigenvalue weighted by Gasteiger charge is -2.31. The SMILES string of the molecule is Cc1cccc(C)c1C(=O)N1CCC[C@@H](C(=O)O)C1. The Morgan fingerprint density at radius 1 is 1.26 bits per heavy atom. The summed E-state index contributed by atoms with van der Waals surface area (Å²) in [5.74, 6) is -1.28. The predicted molar refractivity (Wildman–Crippen MR) is 72.2 cm³/mol. The molecule has 1 aromatic rings. The second-order valence-electron chi connectivity index (χ2n) is 5.20. The molecule has 0 bridgehead atoms. The highest BCUT2D eigenvalue weighted by molar-refractivity contribution is 5.97. The van der Waals surface area contributed by atoms with Crippen molar-refractivity contribution < 1.29 is 14.7 Å². The van der Waals surface area contributed by atoms with Crippen LogP contribution in [0.1, 0.15) is 34.3 Å². The largest absolute Gasteiger partial charge is 0.481 e. The summed E-state index contributed by atoms with van der Waals surface area (Å²) in [5.41, 5.74) is 2.61. The van der Waals surface area contributed by atoms with Gasteiger partial charge in [0.25, 0.3) is 5.91 Å². The van der Waals surface area contributed by atoms with Crippen LogP contribution in [0.25, 0.3) is 0 Å². The molecule has 4 heteroatoms. The van der Waals surface area contributed by atoms with E-state index in [0.717, 1.165) is 17.5 Å². The lowest BCUT2D eigenvalue weighted by Crippen LogP contribution is -2.42. The Hall–Kier alpha value is -1.84. The highest BCUT2D eigenvalue weighted by Crippen LogP contribution is 2.21. The van der Waals surface area contributed by atoms with Gasteiger partial charge in [0.1, 0.15) is 0 Å². The van der Waals surface area contributed by atoms with Crippen LogP contribution < -0.4 is 0 Å². The predicted octanol–water partition coefficient (Wildman–Crippen LogP) is 2.24. The normalized spacial score (nSPS) is 19.3. The number of carbonyl (C=O) groups excluding carboxylic acids is 1. The highest BCUT2D eigenvalue weighted by Gasteiger charge is 2.29. The number of carbonyl (C=O) groups is 2. The minimum Gasteiger partial charge on any atom is -0.481 e. The first-order valence-corrected chi connectivity index (χ1v) is 6.59. The average Bonchev–Trinajstić information content (AvgIpc) is 2.38. The van der Waals surface area contributed by atoms with E-state index in [4.69, 9.17) is 5.11 Å². The summed E-state index contributed by atoms with van der Waals surface area (Å²) in [6.07, 6.45) is 1.42. The average molecular weight is 261 g/mol. The summed E-state index contributed by atoms with van der Waals surface area (Å²) in [6.45, 7) is 4.80. The van der Waals surface area contributed by atoms with Crippen LogP contribution in [-0.2, 0) is 4.79 Å². The molecule has 1 fully saturated rings. The molecule has 1 atom stereocenters. The molecule has 1 aliphatic rings. The van der Waals surface area contributed by atoms with E-state index >= 15 is 0 Å². The highest BCUT2D eigenvalue weighted by atomic mass is 16.4. The fourth-order valence-corrected chi connectivity index (χ4v) is 2.67. The van der Waals surface area contributed by atoms with E-state index in [0.29, 0.717) is 25.1 Å². The minimum absolute atomic E-state index is 0.0402. The quantitative estimate of drug-likeness (QED) is 0.888. The van der Waals surface area contributed by atoms with Crippen LogP contribution in [0.5, 0.6) is 0 Å². The molecule has 4 nitrogen and oxygen atoms in total. The van der Waals surface area contributed by atoms with Gasteiger partial charge in [-0.1, -0.05) is 18.2 Å². The molecule has 1 N–H and O–H groups in total. The van der Waals surface area contributed by atoms with E-state index in [2.05, 4.69) is 0 Å². The molecule has 2 rings (SSSR count). The number of likely N-dealkylation sites (tertiary alicyclic amines) is 1. The number of piperidine rings is 1. The molecule has 0 aromatic heterocycles. The lowest BCUT2D eigenvalue weighted by atomic mass is 9.96. The van der Waals surface area contributed by atoms with Gasteiger partial charge in [0.2, 0.25) is 0 Å². The minimum atomic E-state index is -0.806. The first-order chi connectivity index (χ1) is 9.00. The number of hydrogen-bond acceptors (Lipinski definition) is 2. The maximum absolute atomic E-state index is 12.5. The maximum Gasteiger partial charge on any atom is 0.308 e. The standard InChI is InChI=1S/C15H19NO3/c1-10-5-3-6-11(2)13(10)14(17)16-8-4-7-12(9-16)15(18)19/h3,5-6,12H,4,7-9H2,1-2H3,(H,18,19)/t12-/m1/s1. The number of carboxylic acid groups (broad SMARTS) is 1. The molecule has 0 radical (unpaired) electrons. The molecule has 19 heavy (non-hydrogen) atoms. The first-order valence-electron chi connectivity index (χ1n) is 6.59. The summed E-state index contributed by atoms with van der Waals surface area (Å²) in [6, 6.07) is 5.76. The van der Waals surface area contributed by atoms with Crippen molar-refractivity contribution in [3.63, 3.8) is 0 Å². The Morgan fingerprint density at radius 3 is 2.47 bits per heavy atom. The lowest BCUT2D eigenvalue weighted by molar-refractivity contribution is -0.143. The monoisotopic (exact) mass is 261 g/mol. The zero-order valence-electron chi connectivity index (χ0n) is 11.3. The van der Waals surface area contributed by atoms with Gasteiger partial charge in [-0.3, -0.25) is 9.59 Å². The van der Waals surface area contributed by atoms with Gasteiger partial charge < -0.3 is 10.0 Å². The van der Waals surface area contributed by atoms with Crippen molar-refractivity contribution in [1.82, 2.24) is 4.90 Å². The van der Waals surface area contributed by atoms with Crippen LogP contribution in [0, 0.1) is 19.8 Å². The van der Waals surface area contributed by atoms with Gasteiger partial charge in [0.05, 0.1) is 5.92 Å². The fraction of sp³-hybridized carbons (Fsp3) is 0.467. The number of hydrogen-bond donors (Lipinski definition) is 1. The molecule has 0 unspecified atom stereocenters. The van der Waals surface area contributed by atoms with Crippen LogP contribution in [0.4, 0.5) is 0 Å². The van der Waals surface area contributed by atoms with Crippen molar-refractivity contribution in [2.24, 2.45) is 5.92 Å². The van der Waals surface area contributed by atoms with E-state index in [9.17, 15) is 9.59 Å². The van der Waals surface area contributed by atoms with Crippen LogP contribution >= 0.6 is 0 Å². The summed E-state index contributed by atoms with van der Waals surface area (Å²) in [5, 5.41) is 9.08. The maximum atomic E-state index is 12.5. The molecule has 1 aliphatic heterocycles. The van der Waals surface area contributed by atoms with Crippen molar-refractivity contribution in [3.8, 4) is 0 Å². The zero-order valence-corrected chi connectivity index (χ0v) is 11.3. The topological polar surface area (TPSA) is 57.6 Å². The molecule has 1 aromatic carbocycles. The van der Waals surface area contributed by atoms with Gasteiger partial charge >= 0.3 is 5.97 Å². The molecule has 0 spiro atoms. The van der Waals surface area contributed by atoms with E-state index < -0.39 is 11.9 Å². The Morgan fingerprint density at radius 2 is 1.89 bits per heavy atom. The zero-order chi connectivity index (χ0) is 14.0. The summed E-state index contributed by atoms with van der Waals surface area (Å²) >= 11 is 0. The molecule has 1 saturated heterocycles. The number of aliphatic carboxylic acids is 1. The van der Waals surface area contributed by atoms with E-state index in [1.54, 1.807) is 4.90 Å². The second kappa shape index (κ2) is 5.43. The number of nitrogens with zero attached hydrogens (tertiary/aromatic N) is 1. The van der Waals surface area contributed by atoms with Gasteiger partial charge in [-0.25, -0.2) is 0 Å². The molecule has 0 saturated carbocycles. The molecule has 102 valence electrons. The van der Waals surface area contributed by atoms with E-state index in [1.807, 2.05) is 32.0 Å². The third-order valence-electron chi connectivity index (χ3n) is 3.75. The fourth-order valence-electron chi connectivity index (χ4n) is 2.67. The van der Waals surface area contributed by atoms with E-state index in [1.165, 1.54) is 0 Å². The van der Waals surface area contributed by atoms with Crippen molar-refractivity contribution >= 4 is 11.9 Å². The van der Waals surface area contributed by atoms with Crippen LogP contribution in [0.15, 0.2) is 18.2 Å². The Balaban J connectivity index is 2.22. The Bertz CT molecular complexity index is 490. The van der Waals surface area contributed by atoms with Crippen molar-refractivity contribution in [3.05, 3.63) is 34.9 Å². The van der Waals surface area contributed by atoms with E-state index in [-0.39, 0.29) is 5.91 Å². The smallest absolute Gasteiger partial charge is 0.308 e. The third kappa shape index (κ3) is 2.78. The molecular weight excluding hydrogens is 242 g/mol. The summed E-state index contributed by atoms with van der Waals surface area (Å²) in [4.78, 5) is 25.3. The summed E-state index contributed by atoms with van der Waals surface area (Å²) < 4.78 is 0. The number of benzene rings is 1. The molecular formula is C15H19NO3. The second-order valence-corrected chi connectivity index (χ2v) is 5.20. The Kier molecular flexibility index (Phi) is 3.88. The number of carboxylic acids is 1. The number of aryl methyl sites for hydroxylation is 2. The van der Waals surface area contributed by atoms with Crippen LogP contribution in [0.3, 0.4) is 0 Å². The van der Waals surface area contributed by atoms with Crippen molar-refractivity contribution in [2.45, 2.75) is 26.7 Å². The van der Waals surface area contributed by atoms with Gasteiger partial charge in [-0.15, -0.1) is 0 Å².